The zero-order valence-corrected chi connectivity index (χ0v) is 16.4. The van der Waals surface area contributed by atoms with E-state index in [2.05, 4.69) is 18.2 Å². The summed E-state index contributed by atoms with van der Waals surface area (Å²) in [6, 6.07) is 6.42. The number of carbonyl (C=O) groups is 1. The minimum Gasteiger partial charge on any atom is -0.466 e. The maximum absolute atomic E-state index is 12.4. The van der Waals surface area contributed by atoms with Crippen molar-refractivity contribution < 1.29 is 17.9 Å². The van der Waals surface area contributed by atoms with Crippen molar-refractivity contribution in [2.45, 2.75) is 57.9 Å². The van der Waals surface area contributed by atoms with Crippen molar-refractivity contribution in [3.63, 3.8) is 0 Å². The first-order valence-electron chi connectivity index (χ1n) is 8.52. The molecule has 25 heavy (non-hydrogen) atoms. The monoisotopic (exact) mass is 367 g/mol. The van der Waals surface area contributed by atoms with Crippen LogP contribution in [-0.4, -0.2) is 27.0 Å². The molecule has 0 saturated carbocycles. The van der Waals surface area contributed by atoms with Crippen molar-refractivity contribution in [2.75, 3.05) is 6.61 Å². The van der Waals surface area contributed by atoms with Crippen LogP contribution in [-0.2, 0) is 19.6 Å². The maximum Gasteiger partial charge on any atom is 0.302 e. The summed E-state index contributed by atoms with van der Waals surface area (Å²) in [6.45, 7) is 11.6. The summed E-state index contributed by atoms with van der Waals surface area (Å²) in [5.41, 5.74) is 1.86. The second-order valence-corrected chi connectivity index (χ2v) is 8.30. The summed E-state index contributed by atoms with van der Waals surface area (Å²) in [5, 5.41) is 0. The molecule has 140 valence electrons. The van der Waals surface area contributed by atoms with E-state index in [0.717, 1.165) is 30.4 Å². The molecule has 0 aliphatic heterocycles. The number of esters is 1. The molecule has 1 aromatic rings. The highest BCUT2D eigenvalue weighted by molar-refractivity contribution is 7.89. The third kappa shape index (κ3) is 7.84. The molecule has 0 amide bonds. The minimum atomic E-state index is -3.55. The van der Waals surface area contributed by atoms with Crippen LogP contribution in [0, 0.1) is 12.8 Å². The molecule has 0 heterocycles. The number of hydrogen-bond acceptors (Lipinski definition) is 4. The predicted molar refractivity (Wildman–Crippen MR) is 99.8 cm³/mol. The molecule has 5 nitrogen and oxygen atoms in total. The summed E-state index contributed by atoms with van der Waals surface area (Å²) in [4.78, 5) is 11.0. The molecule has 0 saturated heterocycles. The van der Waals surface area contributed by atoms with Gasteiger partial charge >= 0.3 is 5.97 Å². The lowest BCUT2D eigenvalue weighted by atomic mass is 9.97. The summed E-state index contributed by atoms with van der Waals surface area (Å²) in [6.07, 6.45) is 2.38. The largest absolute Gasteiger partial charge is 0.466 e. The van der Waals surface area contributed by atoms with E-state index in [1.54, 1.807) is 31.2 Å². The van der Waals surface area contributed by atoms with Gasteiger partial charge in [-0.15, -0.1) is 0 Å². The van der Waals surface area contributed by atoms with Crippen LogP contribution >= 0.6 is 0 Å². The number of aryl methyl sites for hydroxylation is 1. The number of carbonyl (C=O) groups excluding carboxylic acids is 1. The van der Waals surface area contributed by atoms with Crippen LogP contribution in [0.2, 0.25) is 0 Å². The van der Waals surface area contributed by atoms with Gasteiger partial charge in [-0.2, -0.15) is 0 Å². The molecule has 1 rings (SSSR count). The summed E-state index contributed by atoms with van der Waals surface area (Å²) in [5.74, 6) is 0.104. The Kier molecular flexibility index (Phi) is 8.32. The molecule has 0 aliphatic carbocycles. The van der Waals surface area contributed by atoms with E-state index in [0.29, 0.717) is 12.5 Å². The van der Waals surface area contributed by atoms with Crippen molar-refractivity contribution in [1.29, 1.82) is 0 Å². The van der Waals surface area contributed by atoms with Gasteiger partial charge in [-0.25, -0.2) is 13.1 Å². The fourth-order valence-corrected chi connectivity index (χ4v) is 3.56. The molecule has 6 heteroatoms. The number of nitrogens with one attached hydrogen (secondary N) is 1. The summed E-state index contributed by atoms with van der Waals surface area (Å²) >= 11 is 0. The lowest BCUT2D eigenvalue weighted by Gasteiger charge is -2.19. The molecule has 0 aromatic heterocycles. The third-order valence-corrected chi connectivity index (χ3v) is 5.71. The van der Waals surface area contributed by atoms with Crippen molar-refractivity contribution >= 4 is 16.0 Å². The van der Waals surface area contributed by atoms with Gasteiger partial charge in [0, 0.05) is 13.0 Å². The fraction of sp³-hybridized carbons (Fsp3) is 0.526. The average molecular weight is 368 g/mol. The van der Waals surface area contributed by atoms with Crippen LogP contribution < -0.4 is 4.72 Å². The van der Waals surface area contributed by atoms with Gasteiger partial charge in [0.25, 0.3) is 0 Å². The van der Waals surface area contributed by atoms with E-state index in [-0.39, 0.29) is 16.9 Å². The molecule has 0 fully saturated rings. The fourth-order valence-electron chi connectivity index (χ4n) is 2.30. The SMILES string of the molecule is C=C(CCC(C)CCOC(C)=O)C(C)NS(=O)(=O)c1ccc(C)cc1. The van der Waals surface area contributed by atoms with E-state index in [1.807, 2.05) is 6.92 Å². The predicted octanol–water partition coefficient (Wildman–Crippen LogP) is 3.59. The molecule has 2 unspecified atom stereocenters. The van der Waals surface area contributed by atoms with E-state index in [9.17, 15) is 13.2 Å². The second kappa shape index (κ2) is 9.73. The van der Waals surface area contributed by atoms with Gasteiger partial charge in [0.15, 0.2) is 0 Å². The first-order valence-corrected chi connectivity index (χ1v) is 10.00. The Morgan fingerprint density at radius 3 is 2.36 bits per heavy atom. The van der Waals surface area contributed by atoms with Gasteiger partial charge < -0.3 is 4.74 Å². The Balaban J connectivity index is 2.48. The maximum atomic E-state index is 12.4. The number of sulfonamides is 1. The standard InChI is InChI=1S/C19H29NO4S/c1-14-7-10-19(11-8-14)25(22,23)20-17(4)16(3)9-6-15(2)12-13-24-18(5)21/h7-8,10-11,15,17,20H,3,6,9,12-13H2,1-2,4-5H3. The molecular weight excluding hydrogens is 338 g/mol. The molecule has 1 aromatic carbocycles. The highest BCUT2D eigenvalue weighted by Gasteiger charge is 2.19. The van der Waals surface area contributed by atoms with Crippen molar-refractivity contribution in [2.24, 2.45) is 5.92 Å². The zero-order valence-electron chi connectivity index (χ0n) is 15.5. The smallest absolute Gasteiger partial charge is 0.302 e. The van der Waals surface area contributed by atoms with Gasteiger partial charge in [0.2, 0.25) is 10.0 Å². The lowest BCUT2D eigenvalue weighted by Crippen LogP contribution is -2.33. The van der Waals surface area contributed by atoms with E-state index in [4.69, 9.17) is 4.74 Å². The quantitative estimate of drug-likeness (QED) is 0.507. The van der Waals surface area contributed by atoms with Crippen molar-refractivity contribution in [3.8, 4) is 0 Å². The molecule has 0 radical (unpaired) electrons. The van der Waals surface area contributed by atoms with Gasteiger partial charge in [-0.3, -0.25) is 4.79 Å². The third-order valence-electron chi connectivity index (χ3n) is 4.15. The second-order valence-electron chi connectivity index (χ2n) is 6.59. The summed E-state index contributed by atoms with van der Waals surface area (Å²) < 4.78 is 32.4. The molecule has 0 aliphatic rings. The van der Waals surface area contributed by atoms with Crippen LogP contribution in [0.3, 0.4) is 0 Å². The Hall–Kier alpha value is -1.66. The number of rotatable bonds is 10. The average Bonchev–Trinajstić information content (AvgIpc) is 2.52. The van der Waals surface area contributed by atoms with E-state index in [1.165, 1.54) is 6.92 Å². The molecule has 2 atom stereocenters. The van der Waals surface area contributed by atoms with Crippen LogP contribution in [0.1, 0.15) is 45.6 Å². The van der Waals surface area contributed by atoms with E-state index >= 15 is 0 Å². The molecule has 1 N–H and O–H groups in total. The molecule has 0 spiro atoms. The van der Waals surface area contributed by atoms with Crippen LogP contribution in [0.4, 0.5) is 0 Å². The summed E-state index contributed by atoms with van der Waals surface area (Å²) in [7, 11) is -3.55. The van der Waals surface area contributed by atoms with Crippen LogP contribution in [0.15, 0.2) is 41.3 Å². The molecule has 0 bridgehead atoms. The Bertz CT molecular complexity index is 680. The highest BCUT2D eigenvalue weighted by atomic mass is 32.2. The van der Waals surface area contributed by atoms with Crippen LogP contribution in [0.5, 0.6) is 0 Å². The highest BCUT2D eigenvalue weighted by Crippen LogP contribution is 2.18. The normalized spacial score (nSPS) is 13.9. The Labute approximate surface area is 151 Å². The van der Waals surface area contributed by atoms with Gasteiger partial charge in [-0.1, -0.05) is 36.8 Å². The Morgan fingerprint density at radius 2 is 1.80 bits per heavy atom. The number of ether oxygens (including phenoxy) is 1. The first-order chi connectivity index (χ1) is 11.6. The number of hydrogen-bond donors (Lipinski definition) is 1. The van der Waals surface area contributed by atoms with Gasteiger partial charge in [0.05, 0.1) is 11.5 Å². The van der Waals surface area contributed by atoms with E-state index < -0.39 is 10.0 Å². The van der Waals surface area contributed by atoms with Gasteiger partial charge in [-0.05, 0) is 51.2 Å². The zero-order chi connectivity index (χ0) is 19.0. The van der Waals surface area contributed by atoms with Crippen molar-refractivity contribution in [1.82, 2.24) is 4.72 Å². The van der Waals surface area contributed by atoms with Crippen molar-refractivity contribution in [3.05, 3.63) is 42.0 Å². The Morgan fingerprint density at radius 1 is 1.20 bits per heavy atom. The lowest BCUT2D eigenvalue weighted by molar-refractivity contribution is -0.141. The van der Waals surface area contributed by atoms with Gasteiger partial charge in [0.1, 0.15) is 0 Å². The minimum absolute atomic E-state index is 0.257. The number of benzene rings is 1. The van der Waals surface area contributed by atoms with Crippen LogP contribution in [0.25, 0.3) is 0 Å². The molecular formula is C19H29NO4S. The first kappa shape index (κ1) is 21.4. The topological polar surface area (TPSA) is 72.5 Å².